The van der Waals surface area contributed by atoms with Crippen molar-refractivity contribution >= 4 is 21.7 Å². The lowest BCUT2D eigenvalue weighted by molar-refractivity contribution is 0.475. The average Bonchev–Trinajstić information content (AvgIpc) is 2.71. The van der Waals surface area contributed by atoms with Gasteiger partial charge in [0, 0.05) is 18.0 Å². The number of halogens is 1. The van der Waals surface area contributed by atoms with E-state index in [9.17, 15) is 5.11 Å². The van der Waals surface area contributed by atoms with Gasteiger partial charge in [0.15, 0.2) is 5.82 Å². The Bertz CT molecular complexity index is 695. The Morgan fingerprint density at radius 2 is 2.12 bits per heavy atom. The molecule has 0 saturated carbocycles. The number of hydrogen-bond acceptors (Lipinski definition) is 4. The van der Waals surface area contributed by atoms with Crippen LogP contribution in [0.1, 0.15) is 0 Å². The smallest absolute Gasteiger partial charge is 0.255 e. The van der Waals surface area contributed by atoms with Crippen molar-refractivity contribution in [2.75, 3.05) is 0 Å². The Morgan fingerprint density at radius 1 is 1.24 bits per heavy atom. The van der Waals surface area contributed by atoms with Gasteiger partial charge in [-0.1, -0.05) is 12.1 Å². The molecule has 3 aromatic rings. The summed E-state index contributed by atoms with van der Waals surface area (Å²) in [5, 5.41) is 17.5. The van der Waals surface area contributed by atoms with Crippen LogP contribution in [0.3, 0.4) is 0 Å². The average molecular weight is 291 g/mol. The van der Waals surface area contributed by atoms with E-state index in [0.29, 0.717) is 11.6 Å². The van der Waals surface area contributed by atoms with Crippen molar-refractivity contribution in [2.24, 2.45) is 0 Å². The van der Waals surface area contributed by atoms with Crippen LogP contribution in [-0.4, -0.2) is 24.7 Å². The highest BCUT2D eigenvalue weighted by atomic mass is 79.9. The third-order valence-corrected chi connectivity index (χ3v) is 2.75. The second kappa shape index (κ2) is 3.81. The molecule has 3 rings (SSSR count). The summed E-state index contributed by atoms with van der Waals surface area (Å²) in [5.41, 5.74) is 0.789. The van der Waals surface area contributed by atoms with Gasteiger partial charge in [-0.2, -0.15) is 0 Å². The summed E-state index contributed by atoms with van der Waals surface area (Å²) < 4.78 is 2.60. The van der Waals surface area contributed by atoms with Gasteiger partial charge >= 0.3 is 0 Å². The van der Waals surface area contributed by atoms with E-state index < -0.39 is 0 Å². The van der Waals surface area contributed by atoms with Gasteiger partial charge in [-0.15, -0.1) is 10.2 Å². The normalized spacial score (nSPS) is 10.9. The van der Waals surface area contributed by atoms with E-state index >= 15 is 0 Å². The second-order valence-electron chi connectivity index (χ2n) is 3.52. The zero-order valence-electron chi connectivity index (χ0n) is 8.58. The standard InChI is InChI=1S/C11H7BrN4O/c12-8-5-13-11-15-14-10(16(11)6-8)7-2-1-3-9(17)4-7/h1-6,17H. The molecule has 2 aromatic heterocycles. The number of phenolic OH excluding ortho intramolecular Hbond substituents is 1. The minimum absolute atomic E-state index is 0.196. The molecule has 0 spiro atoms. The Morgan fingerprint density at radius 3 is 2.94 bits per heavy atom. The lowest BCUT2D eigenvalue weighted by atomic mass is 10.2. The Kier molecular flexibility index (Phi) is 2.29. The van der Waals surface area contributed by atoms with E-state index in [-0.39, 0.29) is 5.75 Å². The monoisotopic (exact) mass is 290 g/mol. The fraction of sp³-hybridized carbons (Fsp3) is 0. The first-order valence-corrected chi connectivity index (χ1v) is 5.69. The van der Waals surface area contributed by atoms with Crippen LogP contribution in [0.2, 0.25) is 0 Å². The van der Waals surface area contributed by atoms with Crippen LogP contribution in [0, 0.1) is 0 Å². The van der Waals surface area contributed by atoms with Crippen LogP contribution in [0.4, 0.5) is 0 Å². The highest BCUT2D eigenvalue weighted by molar-refractivity contribution is 9.10. The van der Waals surface area contributed by atoms with Crippen molar-refractivity contribution in [2.45, 2.75) is 0 Å². The summed E-state index contributed by atoms with van der Waals surface area (Å²) in [4.78, 5) is 4.13. The number of fused-ring (bicyclic) bond motifs is 1. The first kappa shape index (κ1) is 10.2. The van der Waals surface area contributed by atoms with Crippen LogP contribution in [-0.2, 0) is 0 Å². The lowest BCUT2D eigenvalue weighted by Gasteiger charge is -2.00. The Hall–Kier alpha value is -1.95. The van der Waals surface area contributed by atoms with E-state index in [1.165, 1.54) is 0 Å². The third-order valence-electron chi connectivity index (χ3n) is 2.34. The van der Waals surface area contributed by atoms with Crippen molar-refractivity contribution < 1.29 is 5.11 Å². The van der Waals surface area contributed by atoms with Gasteiger partial charge in [0.25, 0.3) is 5.78 Å². The zero-order chi connectivity index (χ0) is 11.8. The third kappa shape index (κ3) is 1.76. The van der Waals surface area contributed by atoms with Gasteiger partial charge in [-0.3, -0.25) is 4.40 Å². The van der Waals surface area contributed by atoms with Gasteiger partial charge in [-0.05, 0) is 28.1 Å². The first-order valence-electron chi connectivity index (χ1n) is 4.90. The summed E-state index contributed by atoms with van der Waals surface area (Å²) in [5.74, 6) is 1.36. The topological polar surface area (TPSA) is 63.3 Å². The molecule has 84 valence electrons. The largest absolute Gasteiger partial charge is 0.508 e. The maximum atomic E-state index is 9.46. The number of hydrogen-bond donors (Lipinski definition) is 1. The summed E-state index contributed by atoms with van der Waals surface area (Å²) in [6, 6.07) is 6.87. The van der Waals surface area contributed by atoms with Gasteiger partial charge in [0.2, 0.25) is 0 Å². The van der Waals surface area contributed by atoms with Gasteiger partial charge < -0.3 is 5.11 Å². The van der Waals surface area contributed by atoms with Crippen molar-refractivity contribution in [3.8, 4) is 17.1 Å². The number of aromatic nitrogens is 4. The maximum absolute atomic E-state index is 9.46. The number of aromatic hydroxyl groups is 1. The number of nitrogens with zero attached hydrogens (tertiary/aromatic N) is 4. The predicted molar refractivity (Wildman–Crippen MR) is 65.6 cm³/mol. The lowest BCUT2D eigenvalue weighted by Crippen LogP contribution is -1.91. The molecule has 0 aliphatic carbocycles. The first-order chi connectivity index (χ1) is 8.24. The van der Waals surface area contributed by atoms with Crippen LogP contribution >= 0.6 is 15.9 Å². The molecule has 0 aliphatic heterocycles. The molecule has 1 N–H and O–H groups in total. The quantitative estimate of drug-likeness (QED) is 0.747. The molecule has 5 nitrogen and oxygen atoms in total. The molecule has 6 heteroatoms. The van der Waals surface area contributed by atoms with Crippen molar-refractivity contribution in [1.29, 1.82) is 0 Å². The minimum Gasteiger partial charge on any atom is -0.508 e. The molecule has 0 amide bonds. The summed E-state index contributed by atoms with van der Waals surface area (Å²) in [6.45, 7) is 0. The number of phenols is 1. The fourth-order valence-electron chi connectivity index (χ4n) is 1.61. The molecule has 2 heterocycles. The predicted octanol–water partition coefficient (Wildman–Crippen LogP) is 2.26. The number of rotatable bonds is 1. The second-order valence-corrected chi connectivity index (χ2v) is 4.43. The Balaban J connectivity index is 2.27. The van der Waals surface area contributed by atoms with E-state index in [2.05, 4.69) is 31.1 Å². The fourth-order valence-corrected chi connectivity index (χ4v) is 1.92. The maximum Gasteiger partial charge on any atom is 0.255 e. The van der Waals surface area contributed by atoms with Crippen LogP contribution in [0.5, 0.6) is 5.75 Å². The summed E-state index contributed by atoms with van der Waals surface area (Å²) in [7, 11) is 0. The van der Waals surface area contributed by atoms with E-state index in [4.69, 9.17) is 0 Å². The highest BCUT2D eigenvalue weighted by Crippen LogP contribution is 2.22. The van der Waals surface area contributed by atoms with Crippen LogP contribution in [0.15, 0.2) is 41.1 Å². The molecule has 0 radical (unpaired) electrons. The van der Waals surface area contributed by atoms with Gasteiger partial charge in [-0.25, -0.2) is 4.98 Å². The Labute approximate surface area is 105 Å². The SMILES string of the molecule is Oc1cccc(-c2nnc3ncc(Br)cn23)c1. The highest BCUT2D eigenvalue weighted by Gasteiger charge is 2.09. The molecule has 0 fully saturated rings. The van der Waals surface area contributed by atoms with Crippen molar-refractivity contribution in [1.82, 2.24) is 19.6 Å². The van der Waals surface area contributed by atoms with Crippen LogP contribution in [0.25, 0.3) is 17.2 Å². The molecular weight excluding hydrogens is 284 g/mol. The molecule has 0 aliphatic rings. The molecule has 0 atom stereocenters. The van der Waals surface area contributed by atoms with E-state index in [1.54, 1.807) is 28.8 Å². The number of benzene rings is 1. The van der Waals surface area contributed by atoms with Gasteiger partial charge in [0.05, 0.1) is 4.47 Å². The van der Waals surface area contributed by atoms with E-state index in [0.717, 1.165) is 10.0 Å². The van der Waals surface area contributed by atoms with E-state index in [1.807, 2.05) is 12.3 Å². The molecule has 17 heavy (non-hydrogen) atoms. The molecular formula is C11H7BrN4O. The molecule has 0 saturated heterocycles. The molecule has 0 unspecified atom stereocenters. The van der Waals surface area contributed by atoms with Crippen molar-refractivity contribution in [3.63, 3.8) is 0 Å². The van der Waals surface area contributed by atoms with Crippen molar-refractivity contribution in [3.05, 3.63) is 41.1 Å². The molecule has 0 bridgehead atoms. The minimum atomic E-state index is 0.196. The zero-order valence-corrected chi connectivity index (χ0v) is 10.2. The van der Waals surface area contributed by atoms with Crippen LogP contribution < -0.4 is 0 Å². The summed E-state index contributed by atoms with van der Waals surface area (Å²) >= 11 is 3.35. The molecule has 1 aromatic carbocycles. The van der Waals surface area contributed by atoms with Gasteiger partial charge in [0.1, 0.15) is 5.75 Å². The summed E-state index contributed by atoms with van der Waals surface area (Å²) in [6.07, 6.45) is 3.50.